The van der Waals surface area contributed by atoms with E-state index in [2.05, 4.69) is 27.5 Å². The molecule has 156 valence electrons. The molecule has 3 N–H and O–H groups in total. The molecule has 0 aromatic heterocycles. The van der Waals surface area contributed by atoms with E-state index in [1.807, 2.05) is 31.2 Å². The molecule has 0 aliphatic carbocycles. The highest BCUT2D eigenvalue weighted by Crippen LogP contribution is 2.11. The lowest BCUT2D eigenvalue weighted by molar-refractivity contribution is -0.105. The minimum absolute atomic E-state index is 0.153. The van der Waals surface area contributed by atoms with Gasteiger partial charge >= 0.3 is 0 Å². The summed E-state index contributed by atoms with van der Waals surface area (Å²) < 4.78 is 5.08. The van der Waals surface area contributed by atoms with Crippen LogP contribution in [0.25, 0.3) is 0 Å². The lowest BCUT2D eigenvalue weighted by Crippen LogP contribution is -2.23. The van der Waals surface area contributed by atoms with Gasteiger partial charge in [0.1, 0.15) is 11.6 Å². The molecule has 0 aliphatic heterocycles. The Balaban J connectivity index is 1.90. The molecule has 0 atom stereocenters. The lowest BCUT2D eigenvalue weighted by atomic mass is 10.2. The second-order valence-corrected chi connectivity index (χ2v) is 6.34. The molecule has 2 aromatic carbocycles. The van der Waals surface area contributed by atoms with Gasteiger partial charge in [0.25, 0.3) is 5.91 Å². The second-order valence-electron chi connectivity index (χ2n) is 6.34. The van der Waals surface area contributed by atoms with Crippen LogP contribution in [0.1, 0.15) is 22.8 Å². The van der Waals surface area contributed by atoms with Crippen molar-refractivity contribution in [1.29, 1.82) is 0 Å². The first-order chi connectivity index (χ1) is 14.5. The molecule has 0 bridgehead atoms. The molecule has 0 saturated carbocycles. The van der Waals surface area contributed by atoms with E-state index in [0.717, 1.165) is 11.3 Å². The number of carbonyl (C=O) groups excluding carboxylic acids is 2. The molecule has 0 heterocycles. The predicted octanol–water partition coefficient (Wildman–Crippen LogP) is 3.12. The van der Waals surface area contributed by atoms with Crippen molar-refractivity contribution in [3.63, 3.8) is 0 Å². The molecule has 2 rings (SSSR count). The SMILES string of the molecule is C=C(C)NC(=NC/C=C\CNC(=O)c1ccc(OC)cc1)c1ccc(NC=O)cc1. The van der Waals surface area contributed by atoms with Crippen molar-refractivity contribution in [3.05, 3.63) is 84.1 Å². The maximum atomic E-state index is 12.1. The van der Waals surface area contributed by atoms with Gasteiger partial charge in [0.15, 0.2) is 0 Å². The van der Waals surface area contributed by atoms with Gasteiger partial charge in [-0.2, -0.15) is 0 Å². The fourth-order valence-electron chi connectivity index (χ4n) is 2.50. The Morgan fingerprint density at radius 1 is 1.07 bits per heavy atom. The summed E-state index contributed by atoms with van der Waals surface area (Å²) in [5.74, 6) is 1.23. The molecule has 0 saturated heterocycles. The second kappa shape index (κ2) is 11.9. The first kappa shape index (κ1) is 22.4. The van der Waals surface area contributed by atoms with Crippen LogP contribution in [0.5, 0.6) is 5.75 Å². The van der Waals surface area contributed by atoms with Gasteiger partial charge in [0.05, 0.1) is 13.7 Å². The van der Waals surface area contributed by atoms with E-state index < -0.39 is 0 Å². The first-order valence-electron chi connectivity index (χ1n) is 9.38. The highest BCUT2D eigenvalue weighted by molar-refractivity contribution is 6.00. The van der Waals surface area contributed by atoms with E-state index in [-0.39, 0.29) is 5.91 Å². The van der Waals surface area contributed by atoms with Crippen molar-refractivity contribution in [2.24, 2.45) is 4.99 Å². The number of ether oxygens (including phenoxy) is 1. The van der Waals surface area contributed by atoms with E-state index in [9.17, 15) is 9.59 Å². The van der Waals surface area contributed by atoms with E-state index >= 15 is 0 Å². The number of methoxy groups -OCH3 is 1. The topological polar surface area (TPSA) is 91.8 Å². The average molecular weight is 406 g/mol. The predicted molar refractivity (Wildman–Crippen MR) is 120 cm³/mol. The standard InChI is InChI=1S/C23H26N4O3/c1-17(2)27-22(18-6-10-20(11-7-18)26-16-28)24-14-4-5-15-25-23(29)19-8-12-21(30-3)13-9-19/h4-13,16H,1,14-15H2,2-3H3,(H,24,27)(H,25,29)(H,26,28)/b5-4-. The van der Waals surface area contributed by atoms with Gasteiger partial charge in [-0.1, -0.05) is 18.7 Å². The van der Waals surface area contributed by atoms with Crippen LogP contribution < -0.4 is 20.7 Å². The van der Waals surface area contributed by atoms with Crippen LogP contribution in [0.15, 0.2) is 78.0 Å². The van der Waals surface area contributed by atoms with Gasteiger partial charge in [-0.25, -0.2) is 0 Å². The Kier molecular flexibility index (Phi) is 8.86. The molecule has 0 radical (unpaired) electrons. The minimum Gasteiger partial charge on any atom is -0.497 e. The van der Waals surface area contributed by atoms with Gasteiger partial charge in [-0.15, -0.1) is 0 Å². The monoisotopic (exact) mass is 406 g/mol. The van der Waals surface area contributed by atoms with E-state index in [0.29, 0.717) is 42.3 Å². The van der Waals surface area contributed by atoms with Crippen molar-refractivity contribution < 1.29 is 14.3 Å². The molecule has 2 aromatic rings. The normalized spacial score (nSPS) is 11.1. The average Bonchev–Trinajstić information content (AvgIpc) is 2.75. The Hall–Kier alpha value is -3.87. The highest BCUT2D eigenvalue weighted by Gasteiger charge is 2.04. The van der Waals surface area contributed by atoms with Crippen LogP contribution in [0.4, 0.5) is 5.69 Å². The molecule has 7 nitrogen and oxygen atoms in total. The lowest BCUT2D eigenvalue weighted by Gasteiger charge is -2.10. The van der Waals surface area contributed by atoms with Crippen LogP contribution in [0.2, 0.25) is 0 Å². The number of aliphatic imine (C=N–C) groups is 1. The number of amides is 2. The Bertz CT molecular complexity index is 916. The van der Waals surface area contributed by atoms with Gasteiger partial charge < -0.3 is 20.7 Å². The highest BCUT2D eigenvalue weighted by atomic mass is 16.5. The first-order valence-corrected chi connectivity index (χ1v) is 9.38. The van der Waals surface area contributed by atoms with Crippen LogP contribution >= 0.6 is 0 Å². The quantitative estimate of drug-likeness (QED) is 0.245. The Morgan fingerprint density at radius 3 is 2.33 bits per heavy atom. The zero-order chi connectivity index (χ0) is 21.8. The molecule has 0 aliphatic rings. The van der Waals surface area contributed by atoms with Gasteiger partial charge in [0.2, 0.25) is 6.41 Å². The number of carbonyl (C=O) groups is 2. The number of benzene rings is 2. The molecule has 2 amide bonds. The van der Waals surface area contributed by atoms with Crippen molar-refractivity contribution in [1.82, 2.24) is 10.6 Å². The third kappa shape index (κ3) is 7.27. The number of nitrogens with zero attached hydrogens (tertiary/aromatic N) is 1. The van der Waals surface area contributed by atoms with Gasteiger partial charge in [0, 0.05) is 29.1 Å². The molecule has 0 unspecified atom stereocenters. The van der Waals surface area contributed by atoms with Crippen molar-refractivity contribution in [2.75, 3.05) is 25.5 Å². The number of nitrogens with one attached hydrogen (secondary N) is 3. The van der Waals surface area contributed by atoms with Crippen LogP contribution in [-0.2, 0) is 4.79 Å². The third-order valence-corrected chi connectivity index (χ3v) is 3.97. The van der Waals surface area contributed by atoms with Crippen molar-refractivity contribution in [3.8, 4) is 5.75 Å². The van der Waals surface area contributed by atoms with E-state index in [4.69, 9.17) is 4.74 Å². The smallest absolute Gasteiger partial charge is 0.251 e. The number of rotatable bonds is 10. The molecule has 0 spiro atoms. The largest absolute Gasteiger partial charge is 0.497 e. The van der Waals surface area contributed by atoms with E-state index in [1.165, 1.54) is 0 Å². The minimum atomic E-state index is -0.153. The molecular formula is C23H26N4O3. The summed E-state index contributed by atoms with van der Waals surface area (Å²) in [4.78, 5) is 27.2. The number of allylic oxidation sites excluding steroid dienone is 1. The summed E-state index contributed by atoms with van der Waals surface area (Å²) in [6.07, 6.45) is 4.35. The van der Waals surface area contributed by atoms with Gasteiger partial charge in [-0.05, 0) is 55.5 Å². The Morgan fingerprint density at radius 2 is 1.73 bits per heavy atom. The summed E-state index contributed by atoms with van der Waals surface area (Å²) >= 11 is 0. The zero-order valence-electron chi connectivity index (χ0n) is 17.1. The number of hydrogen-bond acceptors (Lipinski definition) is 4. The number of anilines is 1. The Labute approximate surface area is 176 Å². The molecule has 0 fully saturated rings. The van der Waals surface area contributed by atoms with Crippen LogP contribution in [-0.4, -0.2) is 38.4 Å². The molecule has 7 heteroatoms. The van der Waals surface area contributed by atoms with Gasteiger partial charge in [-0.3, -0.25) is 14.6 Å². The summed E-state index contributed by atoms with van der Waals surface area (Å²) in [5.41, 5.74) is 2.91. The van der Waals surface area contributed by atoms with Crippen LogP contribution in [0, 0.1) is 0 Å². The maximum Gasteiger partial charge on any atom is 0.251 e. The fraction of sp³-hybridized carbons (Fsp3) is 0.174. The number of hydrogen-bond donors (Lipinski definition) is 3. The molecule has 30 heavy (non-hydrogen) atoms. The van der Waals surface area contributed by atoms with Crippen LogP contribution in [0.3, 0.4) is 0 Å². The summed E-state index contributed by atoms with van der Waals surface area (Å²) in [7, 11) is 1.58. The third-order valence-electron chi connectivity index (χ3n) is 3.97. The summed E-state index contributed by atoms with van der Waals surface area (Å²) in [6.45, 7) is 6.54. The fourth-order valence-corrected chi connectivity index (χ4v) is 2.50. The summed E-state index contributed by atoms with van der Waals surface area (Å²) in [6, 6.07) is 14.2. The van der Waals surface area contributed by atoms with Crippen molar-refractivity contribution in [2.45, 2.75) is 6.92 Å². The van der Waals surface area contributed by atoms with E-state index in [1.54, 1.807) is 43.5 Å². The summed E-state index contributed by atoms with van der Waals surface area (Å²) in [5, 5.41) is 8.56. The number of amidine groups is 1. The van der Waals surface area contributed by atoms with Crippen molar-refractivity contribution >= 4 is 23.8 Å². The zero-order valence-corrected chi connectivity index (χ0v) is 17.1. The molecular weight excluding hydrogens is 380 g/mol. The maximum absolute atomic E-state index is 12.1.